The predicted octanol–water partition coefficient (Wildman–Crippen LogP) is 1.30. The van der Waals surface area contributed by atoms with Gasteiger partial charge in [-0.3, -0.25) is 0 Å². The van der Waals surface area contributed by atoms with Crippen LogP contribution >= 0.6 is 0 Å². The number of ether oxygens (including phenoxy) is 1. The Labute approximate surface area is 132 Å². The van der Waals surface area contributed by atoms with Crippen molar-refractivity contribution in [2.45, 2.75) is 56.7 Å². The van der Waals surface area contributed by atoms with Crippen LogP contribution in [0.25, 0.3) is 0 Å². The number of rotatable bonds is 5. The van der Waals surface area contributed by atoms with Gasteiger partial charge in [0, 0.05) is 18.6 Å². The van der Waals surface area contributed by atoms with Crippen LogP contribution in [-0.2, 0) is 11.3 Å². The average molecular weight is 305 g/mol. The monoisotopic (exact) mass is 305 g/mol. The van der Waals surface area contributed by atoms with Gasteiger partial charge in [-0.2, -0.15) is 5.10 Å². The second-order valence-electron chi connectivity index (χ2n) is 7.08. The highest BCUT2D eigenvalue weighted by atomic mass is 16.5. The summed E-state index contributed by atoms with van der Waals surface area (Å²) in [6.07, 6.45) is 6.04. The van der Waals surface area contributed by atoms with Crippen LogP contribution in [0.3, 0.4) is 0 Å². The van der Waals surface area contributed by atoms with Gasteiger partial charge in [0.2, 0.25) is 0 Å². The lowest BCUT2D eigenvalue weighted by Gasteiger charge is -2.29. The van der Waals surface area contributed by atoms with Crippen LogP contribution in [-0.4, -0.2) is 59.1 Å². The number of likely N-dealkylation sites (tertiary alicyclic amines) is 1. The summed E-state index contributed by atoms with van der Waals surface area (Å²) < 4.78 is 7.75. The molecule has 6 heteroatoms. The van der Waals surface area contributed by atoms with Crippen LogP contribution in [0, 0.1) is 0 Å². The topological polar surface area (TPSA) is 55.2 Å². The van der Waals surface area contributed by atoms with Gasteiger partial charge in [-0.15, -0.1) is 0 Å². The molecule has 1 saturated carbocycles. The average Bonchev–Trinajstić information content (AvgIpc) is 3.02. The van der Waals surface area contributed by atoms with E-state index in [-0.39, 0.29) is 0 Å². The van der Waals surface area contributed by atoms with E-state index >= 15 is 0 Å². The molecule has 1 N–H and O–H groups in total. The number of aromatic nitrogens is 3. The maximum Gasteiger partial charge on any atom is 0.156 e. The second kappa shape index (κ2) is 6.26. The summed E-state index contributed by atoms with van der Waals surface area (Å²) in [5, 5.41) is 8.51. The van der Waals surface area contributed by atoms with Gasteiger partial charge in [-0.25, -0.2) is 9.67 Å². The zero-order valence-corrected chi connectivity index (χ0v) is 13.5. The van der Waals surface area contributed by atoms with Crippen molar-refractivity contribution in [3.63, 3.8) is 0 Å². The molecule has 1 atom stereocenters. The summed E-state index contributed by atoms with van der Waals surface area (Å²) in [5.41, 5.74) is 0. The minimum absolute atomic E-state index is 0.396. The van der Waals surface area contributed by atoms with E-state index in [9.17, 15) is 0 Å². The molecule has 0 amide bonds. The summed E-state index contributed by atoms with van der Waals surface area (Å²) in [5.74, 6) is 2.53. The number of hydrogen-bond donors (Lipinski definition) is 1. The van der Waals surface area contributed by atoms with E-state index < -0.39 is 0 Å². The van der Waals surface area contributed by atoms with Gasteiger partial charge in [0.25, 0.3) is 0 Å². The first-order valence-electron chi connectivity index (χ1n) is 8.74. The van der Waals surface area contributed by atoms with Crippen LogP contribution in [0.15, 0.2) is 0 Å². The van der Waals surface area contributed by atoms with Gasteiger partial charge >= 0.3 is 0 Å². The van der Waals surface area contributed by atoms with Crippen LogP contribution in [0.2, 0.25) is 0 Å². The first kappa shape index (κ1) is 14.6. The van der Waals surface area contributed by atoms with E-state index in [1.165, 1.54) is 25.7 Å². The Balaban J connectivity index is 1.52. The molecule has 1 aromatic heterocycles. The summed E-state index contributed by atoms with van der Waals surface area (Å²) >= 11 is 0. The predicted molar refractivity (Wildman–Crippen MR) is 83.8 cm³/mol. The molecule has 2 aliphatic heterocycles. The Hall–Kier alpha value is -0.980. The lowest BCUT2D eigenvalue weighted by molar-refractivity contribution is 0.192. The number of nitrogens with zero attached hydrogens (tertiary/aromatic N) is 4. The third-order valence-electron chi connectivity index (χ3n) is 5.17. The van der Waals surface area contributed by atoms with Crippen molar-refractivity contribution in [3.05, 3.63) is 11.6 Å². The molecule has 4 rings (SSSR count). The molecule has 0 spiro atoms. The molecule has 122 valence electrons. The van der Waals surface area contributed by atoms with E-state index in [0.717, 1.165) is 50.9 Å². The Kier molecular flexibility index (Phi) is 4.15. The highest BCUT2D eigenvalue weighted by molar-refractivity contribution is 5.03. The van der Waals surface area contributed by atoms with E-state index in [0.29, 0.717) is 18.0 Å². The lowest BCUT2D eigenvalue weighted by atomic mass is 10.1. The van der Waals surface area contributed by atoms with E-state index in [2.05, 4.69) is 21.9 Å². The van der Waals surface area contributed by atoms with Gasteiger partial charge in [0.15, 0.2) is 5.82 Å². The summed E-state index contributed by atoms with van der Waals surface area (Å²) in [4.78, 5) is 7.29. The van der Waals surface area contributed by atoms with Crippen molar-refractivity contribution in [2.75, 3.05) is 33.4 Å². The van der Waals surface area contributed by atoms with E-state index in [4.69, 9.17) is 14.8 Å². The fourth-order valence-corrected chi connectivity index (χ4v) is 3.46. The summed E-state index contributed by atoms with van der Waals surface area (Å²) in [6.45, 7) is 4.80. The molecule has 1 aliphatic carbocycles. The van der Waals surface area contributed by atoms with Crippen molar-refractivity contribution >= 4 is 0 Å². The molecule has 6 nitrogen and oxygen atoms in total. The number of hydrogen-bond acceptors (Lipinski definition) is 5. The Morgan fingerprint density at radius 1 is 1.18 bits per heavy atom. The summed E-state index contributed by atoms with van der Waals surface area (Å²) in [6, 6.07) is 1.22. The zero-order valence-electron chi connectivity index (χ0n) is 13.5. The van der Waals surface area contributed by atoms with Crippen LogP contribution in [0.5, 0.6) is 0 Å². The third kappa shape index (κ3) is 3.19. The van der Waals surface area contributed by atoms with Crippen LogP contribution < -0.4 is 5.32 Å². The molecular weight excluding hydrogens is 278 g/mol. The van der Waals surface area contributed by atoms with Crippen molar-refractivity contribution in [2.24, 2.45) is 0 Å². The van der Waals surface area contributed by atoms with Crippen molar-refractivity contribution in [1.29, 1.82) is 0 Å². The molecule has 1 unspecified atom stereocenters. The minimum Gasteiger partial charge on any atom is -0.381 e. The molecule has 0 aromatic carbocycles. The highest BCUT2D eigenvalue weighted by Gasteiger charge is 2.28. The second-order valence-corrected chi connectivity index (χ2v) is 7.08. The fraction of sp³-hybridized carbons (Fsp3) is 0.875. The molecule has 22 heavy (non-hydrogen) atoms. The summed E-state index contributed by atoms with van der Waals surface area (Å²) in [7, 11) is 2.20. The van der Waals surface area contributed by atoms with E-state index in [1.807, 2.05) is 0 Å². The van der Waals surface area contributed by atoms with Crippen molar-refractivity contribution < 1.29 is 4.74 Å². The minimum atomic E-state index is 0.396. The fourth-order valence-electron chi connectivity index (χ4n) is 3.46. The molecule has 0 radical (unpaired) electrons. The smallest absolute Gasteiger partial charge is 0.156 e. The van der Waals surface area contributed by atoms with Crippen LogP contribution in [0.4, 0.5) is 0 Å². The Morgan fingerprint density at radius 3 is 2.68 bits per heavy atom. The van der Waals surface area contributed by atoms with Gasteiger partial charge in [0.05, 0.1) is 19.2 Å². The van der Waals surface area contributed by atoms with Gasteiger partial charge < -0.3 is 15.0 Å². The molecule has 3 aliphatic rings. The van der Waals surface area contributed by atoms with Crippen molar-refractivity contribution in [1.82, 2.24) is 25.0 Å². The van der Waals surface area contributed by atoms with E-state index in [1.54, 1.807) is 0 Å². The lowest BCUT2D eigenvalue weighted by Crippen LogP contribution is -2.33. The highest BCUT2D eigenvalue weighted by Crippen LogP contribution is 2.27. The molecule has 0 bridgehead atoms. The van der Waals surface area contributed by atoms with Gasteiger partial charge in [-0.1, -0.05) is 0 Å². The van der Waals surface area contributed by atoms with Gasteiger partial charge in [0.1, 0.15) is 5.82 Å². The SMILES string of the molecule is CN1CCC(n2nc(C3CCOC3)nc2CNC2CC2)CC1. The first-order valence-corrected chi connectivity index (χ1v) is 8.74. The number of nitrogens with one attached hydrogen (secondary N) is 1. The largest absolute Gasteiger partial charge is 0.381 e. The maximum absolute atomic E-state index is 5.52. The quantitative estimate of drug-likeness (QED) is 0.889. The normalized spacial score (nSPS) is 27.6. The molecule has 2 saturated heterocycles. The molecule has 3 fully saturated rings. The molecule has 1 aromatic rings. The van der Waals surface area contributed by atoms with Crippen molar-refractivity contribution in [3.8, 4) is 0 Å². The number of piperidine rings is 1. The molecular formula is C16H27N5O. The maximum atomic E-state index is 5.52. The Morgan fingerprint density at radius 2 is 2.00 bits per heavy atom. The Bertz CT molecular complexity index is 499. The first-order chi connectivity index (χ1) is 10.8. The standard InChI is InChI=1S/C16H27N5O/c1-20-7-4-14(5-8-20)21-15(10-17-13-2-3-13)18-16(19-21)12-6-9-22-11-12/h12-14,17H,2-11H2,1H3. The van der Waals surface area contributed by atoms with Gasteiger partial charge in [-0.05, 0) is 52.2 Å². The zero-order chi connectivity index (χ0) is 14.9. The van der Waals surface area contributed by atoms with Crippen LogP contribution in [0.1, 0.15) is 55.7 Å². The molecule has 3 heterocycles. The third-order valence-corrected chi connectivity index (χ3v) is 5.17.